The minimum Gasteiger partial charge on any atom is -0.490 e. The molecule has 2 rings (SSSR count). The molecule has 2 atom stereocenters. The fraction of sp³-hybridized carbons (Fsp3) is 0.611. The van der Waals surface area contributed by atoms with Crippen LogP contribution in [0.3, 0.4) is 0 Å². The van der Waals surface area contributed by atoms with Gasteiger partial charge in [0.1, 0.15) is 12.4 Å². The van der Waals surface area contributed by atoms with Crippen LogP contribution < -0.4 is 15.4 Å². The topological polar surface area (TPSA) is 48.9 Å². The highest BCUT2D eigenvalue weighted by Crippen LogP contribution is 2.22. The Morgan fingerprint density at radius 1 is 1.36 bits per heavy atom. The molecule has 2 unspecified atom stereocenters. The van der Waals surface area contributed by atoms with Gasteiger partial charge in [-0.05, 0) is 31.9 Å². The molecule has 0 aromatic heterocycles. The van der Waals surface area contributed by atoms with E-state index in [1.165, 1.54) is 0 Å². The molecule has 5 nitrogen and oxygen atoms in total. The normalized spacial score (nSPS) is 21.1. The van der Waals surface area contributed by atoms with Crippen LogP contribution in [-0.2, 0) is 0 Å². The van der Waals surface area contributed by atoms with Crippen molar-refractivity contribution in [3.63, 3.8) is 0 Å². The average molecular weight is 481 g/mol. The smallest absolute Gasteiger partial charge is 0.191 e. The van der Waals surface area contributed by atoms with E-state index in [9.17, 15) is 0 Å². The number of hydrogen-bond donors (Lipinski definition) is 2. The van der Waals surface area contributed by atoms with Crippen molar-refractivity contribution in [2.45, 2.75) is 32.9 Å². The molecule has 142 valence electrons. The maximum atomic E-state index is 6.08. The van der Waals surface area contributed by atoms with Crippen molar-refractivity contribution >= 4 is 41.5 Å². The minimum absolute atomic E-state index is 0. The van der Waals surface area contributed by atoms with Gasteiger partial charge in [0.25, 0.3) is 0 Å². The zero-order chi connectivity index (χ0) is 17.5. The van der Waals surface area contributed by atoms with Gasteiger partial charge >= 0.3 is 0 Å². The Kier molecular flexibility index (Phi) is 9.89. The van der Waals surface area contributed by atoms with E-state index in [-0.39, 0.29) is 24.0 Å². The van der Waals surface area contributed by atoms with Gasteiger partial charge in [-0.3, -0.25) is 9.89 Å². The lowest BCUT2D eigenvalue weighted by Crippen LogP contribution is -2.47. The van der Waals surface area contributed by atoms with Crippen LogP contribution >= 0.6 is 35.6 Å². The third-order valence-corrected chi connectivity index (χ3v) is 4.72. The number of para-hydroxylation sites is 1. The van der Waals surface area contributed by atoms with Gasteiger partial charge in [-0.2, -0.15) is 0 Å². The largest absolute Gasteiger partial charge is 0.490 e. The quantitative estimate of drug-likeness (QED) is 0.284. The third-order valence-electron chi connectivity index (χ3n) is 4.41. The number of aliphatic imine (C=N–C) groups is 1. The van der Waals surface area contributed by atoms with E-state index >= 15 is 0 Å². The van der Waals surface area contributed by atoms with E-state index in [2.05, 4.69) is 41.3 Å². The van der Waals surface area contributed by atoms with Crippen LogP contribution in [0, 0.1) is 5.92 Å². The molecule has 0 radical (unpaired) electrons. The average Bonchev–Trinajstić information content (AvgIpc) is 2.93. The molecule has 1 aliphatic rings. The maximum absolute atomic E-state index is 6.08. The fourth-order valence-corrected chi connectivity index (χ4v) is 3.07. The van der Waals surface area contributed by atoms with Crippen molar-refractivity contribution in [3.8, 4) is 5.75 Å². The Labute approximate surface area is 173 Å². The lowest BCUT2D eigenvalue weighted by molar-refractivity contribution is 0.265. The second-order valence-electron chi connectivity index (χ2n) is 6.55. The number of likely N-dealkylation sites (tertiary alicyclic amines) is 1. The standard InChI is InChI=1S/C18H29ClN4O.HI/c1-13(2)23-11-14(3)16(12-23)22-18(20-4)21-9-10-24-17-8-6-5-7-15(17)19;/h5-8,13-14,16H,9-12H2,1-4H3,(H2,20,21,22);1H. The Morgan fingerprint density at radius 3 is 2.68 bits per heavy atom. The zero-order valence-corrected chi connectivity index (χ0v) is 18.5. The van der Waals surface area contributed by atoms with Crippen LogP contribution in [0.25, 0.3) is 0 Å². The summed E-state index contributed by atoms with van der Waals surface area (Å²) in [5.41, 5.74) is 0. The number of halogens is 2. The molecular weight excluding hydrogens is 451 g/mol. The van der Waals surface area contributed by atoms with Crippen molar-refractivity contribution in [1.29, 1.82) is 0 Å². The second kappa shape index (κ2) is 11.1. The van der Waals surface area contributed by atoms with Crippen LogP contribution in [0.1, 0.15) is 20.8 Å². The summed E-state index contributed by atoms with van der Waals surface area (Å²) in [5, 5.41) is 7.46. The van der Waals surface area contributed by atoms with Crippen molar-refractivity contribution in [2.75, 3.05) is 33.3 Å². The SMILES string of the molecule is CN=C(NCCOc1ccccc1Cl)NC1CN(C(C)C)CC1C.I. The Morgan fingerprint density at radius 2 is 2.08 bits per heavy atom. The van der Waals surface area contributed by atoms with E-state index in [1.807, 2.05) is 24.3 Å². The van der Waals surface area contributed by atoms with Gasteiger partial charge in [0.15, 0.2) is 5.96 Å². The highest BCUT2D eigenvalue weighted by atomic mass is 127. The van der Waals surface area contributed by atoms with Crippen LogP contribution in [-0.4, -0.2) is 56.2 Å². The van der Waals surface area contributed by atoms with Gasteiger partial charge < -0.3 is 15.4 Å². The molecule has 1 heterocycles. The zero-order valence-electron chi connectivity index (χ0n) is 15.5. The van der Waals surface area contributed by atoms with Crippen LogP contribution in [0.4, 0.5) is 0 Å². The summed E-state index contributed by atoms with van der Waals surface area (Å²) >= 11 is 6.08. The number of nitrogens with one attached hydrogen (secondary N) is 2. The van der Waals surface area contributed by atoms with E-state index in [1.54, 1.807) is 7.05 Å². The molecular formula is C18H30ClIN4O. The van der Waals surface area contributed by atoms with E-state index < -0.39 is 0 Å². The number of nitrogens with zero attached hydrogens (tertiary/aromatic N) is 2. The first-order valence-electron chi connectivity index (χ1n) is 8.59. The molecule has 1 saturated heterocycles. The monoisotopic (exact) mass is 480 g/mol. The molecule has 0 spiro atoms. The van der Waals surface area contributed by atoms with Gasteiger partial charge in [0.2, 0.25) is 0 Å². The predicted molar refractivity (Wildman–Crippen MR) is 117 cm³/mol. The molecule has 2 N–H and O–H groups in total. The van der Waals surface area contributed by atoms with Crippen molar-refractivity contribution in [1.82, 2.24) is 15.5 Å². The lowest BCUT2D eigenvalue weighted by Gasteiger charge is -2.22. The Balaban J connectivity index is 0.00000312. The van der Waals surface area contributed by atoms with Gasteiger partial charge in [0.05, 0.1) is 11.6 Å². The number of rotatable bonds is 6. The van der Waals surface area contributed by atoms with Crippen molar-refractivity contribution in [2.24, 2.45) is 10.9 Å². The molecule has 0 bridgehead atoms. The maximum Gasteiger partial charge on any atom is 0.191 e. The summed E-state index contributed by atoms with van der Waals surface area (Å²) < 4.78 is 5.69. The van der Waals surface area contributed by atoms with Gasteiger partial charge in [-0.25, -0.2) is 0 Å². The minimum atomic E-state index is 0. The fourth-order valence-electron chi connectivity index (χ4n) is 2.88. The molecule has 1 aromatic carbocycles. The Bertz CT molecular complexity index is 556. The number of guanidine groups is 1. The highest BCUT2D eigenvalue weighted by Gasteiger charge is 2.31. The molecule has 7 heteroatoms. The first-order valence-corrected chi connectivity index (χ1v) is 8.97. The number of benzene rings is 1. The summed E-state index contributed by atoms with van der Waals surface area (Å²) in [4.78, 5) is 6.81. The molecule has 1 fully saturated rings. The summed E-state index contributed by atoms with van der Waals surface area (Å²) in [7, 11) is 1.80. The predicted octanol–water partition coefficient (Wildman–Crippen LogP) is 3.23. The summed E-state index contributed by atoms with van der Waals surface area (Å²) in [6.07, 6.45) is 0. The first-order chi connectivity index (χ1) is 11.5. The number of ether oxygens (including phenoxy) is 1. The summed E-state index contributed by atoms with van der Waals surface area (Å²) in [5.74, 6) is 2.13. The van der Waals surface area contributed by atoms with Crippen LogP contribution in [0.15, 0.2) is 29.3 Å². The van der Waals surface area contributed by atoms with E-state index in [0.29, 0.717) is 41.9 Å². The van der Waals surface area contributed by atoms with Crippen LogP contribution in [0.2, 0.25) is 5.02 Å². The molecule has 0 saturated carbocycles. The highest BCUT2D eigenvalue weighted by molar-refractivity contribution is 14.0. The first kappa shape index (κ1) is 22.3. The molecule has 1 aliphatic heterocycles. The van der Waals surface area contributed by atoms with Crippen molar-refractivity contribution < 1.29 is 4.74 Å². The van der Waals surface area contributed by atoms with Gasteiger partial charge in [-0.15, -0.1) is 24.0 Å². The van der Waals surface area contributed by atoms with Crippen LogP contribution in [0.5, 0.6) is 5.75 Å². The molecule has 1 aromatic rings. The lowest BCUT2D eigenvalue weighted by atomic mass is 10.1. The van der Waals surface area contributed by atoms with Gasteiger partial charge in [-0.1, -0.05) is 30.7 Å². The van der Waals surface area contributed by atoms with E-state index in [0.717, 1.165) is 19.0 Å². The van der Waals surface area contributed by atoms with Gasteiger partial charge in [0, 0.05) is 32.2 Å². The number of hydrogen-bond acceptors (Lipinski definition) is 3. The summed E-state index contributed by atoms with van der Waals surface area (Å²) in [6.45, 7) is 10.1. The molecule has 0 amide bonds. The third kappa shape index (κ3) is 6.83. The molecule has 25 heavy (non-hydrogen) atoms. The van der Waals surface area contributed by atoms with E-state index in [4.69, 9.17) is 16.3 Å². The summed E-state index contributed by atoms with van der Waals surface area (Å²) in [6, 6.07) is 8.50. The second-order valence-corrected chi connectivity index (χ2v) is 6.96. The Hall–Kier alpha value is -0.730. The van der Waals surface area contributed by atoms with Crippen molar-refractivity contribution in [3.05, 3.63) is 29.3 Å². The molecule has 0 aliphatic carbocycles.